The van der Waals surface area contributed by atoms with Gasteiger partial charge in [0.2, 0.25) is 0 Å². The molecule has 2 rings (SSSR count). The Bertz CT molecular complexity index is 552. The highest BCUT2D eigenvalue weighted by Gasteiger charge is 2.09. The third-order valence-electron chi connectivity index (χ3n) is 2.37. The Morgan fingerprint density at radius 2 is 1.94 bits per heavy atom. The molecule has 0 heterocycles. The van der Waals surface area contributed by atoms with E-state index >= 15 is 0 Å². The van der Waals surface area contributed by atoms with Gasteiger partial charge < -0.3 is 5.32 Å². The van der Waals surface area contributed by atoms with Gasteiger partial charge in [-0.25, -0.2) is 8.78 Å². The first kappa shape index (κ1) is 13.5. The van der Waals surface area contributed by atoms with Crippen LogP contribution in [-0.2, 0) is 6.54 Å². The van der Waals surface area contributed by atoms with E-state index in [4.69, 9.17) is 11.6 Å². The van der Waals surface area contributed by atoms with Crippen LogP contribution in [0, 0.1) is 15.2 Å². The van der Waals surface area contributed by atoms with Crippen LogP contribution in [0.2, 0.25) is 5.02 Å². The smallest absolute Gasteiger partial charge is 0.150 e. The third kappa shape index (κ3) is 3.32. The van der Waals surface area contributed by atoms with Gasteiger partial charge in [0.05, 0.1) is 10.7 Å². The molecular formula is C13H9ClF2IN. The lowest BCUT2D eigenvalue weighted by Gasteiger charge is -2.10. The minimum atomic E-state index is -0.689. The van der Waals surface area contributed by atoms with Crippen molar-refractivity contribution in [3.8, 4) is 0 Å². The summed E-state index contributed by atoms with van der Waals surface area (Å²) in [7, 11) is 0. The molecule has 0 amide bonds. The van der Waals surface area contributed by atoms with Crippen molar-refractivity contribution in [1.29, 1.82) is 0 Å². The zero-order valence-corrected chi connectivity index (χ0v) is 12.1. The highest BCUT2D eigenvalue weighted by molar-refractivity contribution is 14.1. The van der Waals surface area contributed by atoms with Crippen molar-refractivity contribution in [3.05, 3.63) is 62.2 Å². The van der Waals surface area contributed by atoms with Crippen molar-refractivity contribution in [1.82, 2.24) is 0 Å². The number of anilines is 1. The Morgan fingerprint density at radius 1 is 1.17 bits per heavy atom. The summed E-state index contributed by atoms with van der Waals surface area (Å²) in [5.41, 5.74) is 1.12. The van der Waals surface area contributed by atoms with E-state index in [1.54, 1.807) is 0 Å². The molecule has 5 heteroatoms. The molecule has 0 bridgehead atoms. The maximum absolute atomic E-state index is 13.5. The van der Waals surface area contributed by atoms with Gasteiger partial charge in [-0.05, 0) is 46.4 Å². The van der Waals surface area contributed by atoms with Gasteiger partial charge in [-0.15, -0.1) is 0 Å². The van der Waals surface area contributed by atoms with Crippen LogP contribution >= 0.6 is 34.2 Å². The predicted octanol–water partition coefficient (Wildman–Crippen LogP) is 4.83. The number of nitrogens with one attached hydrogen (secondary N) is 1. The van der Waals surface area contributed by atoms with E-state index in [9.17, 15) is 8.78 Å². The fourth-order valence-electron chi connectivity index (χ4n) is 1.55. The van der Waals surface area contributed by atoms with Crippen LogP contribution < -0.4 is 5.32 Å². The van der Waals surface area contributed by atoms with Gasteiger partial charge in [0.15, 0.2) is 5.82 Å². The summed E-state index contributed by atoms with van der Waals surface area (Å²) < 4.78 is 27.5. The Balaban J connectivity index is 2.16. The van der Waals surface area contributed by atoms with E-state index in [2.05, 4.69) is 27.9 Å². The Hall–Kier alpha value is -0.880. The number of hydrogen-bond acceptors (Lipinski definition) is 1. The standard InChI is InChI=1S/C13H9ClF2IN/c14-11-5-9(15)6-12(16)13(11)18-7-8-2-1-3-10(17)4-8/h1-6,18H,7H2. The summed E-state index contributed by atoms with van der Waals surface area (Å²) in [6.07, 6.45) is 0. The summed E-state index contributed by atoms with van der Waals surface area (Å²) in [5.74, 6) is -1.37. The first-order valence-electron chi connectivity index (χ1n) is 5.19. The molecule has 0 aliphatic rings. The van der Waals surface area contributed by atoms with Crippen molar-refractivity contribution in [2.75, 3.05) is 5.32 Å². The summed E-state index contributed by atoms with van der Waals surface area (Å²) in [4.78, 5) is 0. The van der Waals surface area contributed by atoms with Crippen LogP contribution in [0.1, 0.15) is 5.56 Å². The first-order valence-corrected chi connectivity index (χ1v) is 6.65. The van der Waals surface area contributed by atoms with Crippen molar-refractivity contribution in [2.45, 2.75) is 6.54 Å². The lowest BCUT2D eigenvalue weighted by molar-refractivity contribution is 0.585. The molecule has 0 aliphatic carbocycles. The molecule has 1 nitrogen and oxygen atoms in total. The zero-order valence-electron chi connectivity index (χ0n) is 9.18. The summed E-state index contributed by atoms with van der Waals surface area (Å²) in [6, 6.07) is 9.68. The molecule has 0 spiro atoms. The highest BCUT2D eigenvalue weighted by atomic mass is 127. The van der Waals surface area contributed by atoms with Crippen LogP contribution in [0.5, 0.6) is 0 Å². The molecule has 0 atom stereocenters. The van der Waals surface area contributed by atoms with E-state index in [0.29, 0.717) is 6.54 Å². The highest BCUT2D eigenvalue weighted by Crippen LogP contribution is 2.26. The molecule has 1 N–H and O–H groups in total. The predicted molar refractivity (Wildman–Crippen MR) is 77.9 cm³/mol. The molecule has 2 aromatic rings. The average Bonchev–Trinajstić information content (AvgIpc) is 2.27. The van der Waals surface area contributed by atoms with Gasteiger partial charge in [0, 0.05) is 16.2 Å². The third-order valence-corrected chi connectivity index (χ3v) is 3.33. The van der Waals surface area contributed by atoms with E-state index < -0.39 is 11.6 Å². The van der Waals surface area contributed by atoms with Gasteiger partial charge in [-0.1, -0.05) is 23.7 Å². The molecule has 18 heavy (non-hydrogen) atoms. The average molecular weight is 380 g/mol. The van der Waals surface area contributed by atoms with Gasteiger partial charge in [-0.2, -0.15) is 0 Å². The molecule has 94 valence electrons. The molecule has 0 saturated carbocycles. The largest absolute Gasteiger partial charge is 0.377 e. The number of benzene rings is 2. The van der Waals surface area contributed by atoms with Gasteiger partial charge in [0.1, 0.15) is 5.82 Å². The Labute approximate surface area is 122 Å². The molecule has 0 radical (unpaired) electrons. The van der Waals surface area contributed by atoms with Gasteiger partial charge in [0.25, 0.3) is 0 Å². The lowest BCUT2D eigenvalue weighted by atomic mass is 10.2. The second-order valence-electron chi connectivity index (χ2n) is 3.73. The second kappa shape index (κ2) is 5.84. The maximum Gasteiger partial charge on any atom is 0.150 e. The quantitative estimate of drug-likeness (QED) is 0.753. The monoisotopic (exact) mass is 379 g/mol. The van der Waals surface area contributed by atoms with E-state index in [1.165, 1.54) is 0 Å². The van der Waals surface area contributed by atoms with Crippen molar-refractivity contribution in [2.24, 2.45) is 0 Å². The lowest BCUT2D eigenvalue weighted by Crippen LogP contribution is -2.03. The maximum atomic E-state index is 13.5. The molecule has 0 saturated heterocycles. The van der Waals surface area contributed by atoms with Crippen LogP contribution in [0.15, 0.2) is 36.4 Å². The van der Waals surface area contributed by atoms with E-state index in [0.717, 1.165) is 21.3 Å². The van der Waals surface area contributed by atoms with Crippen molar-refractivity contribution >= 4 is 39.9 Å². The SMILES string of the molecule is Fc1cc(F)c(NCc2cccc(I)c2)c(Cl)c1. The first-order chi connectivity index (χ1) is 8.56. The van der Waals surface area contributed by atoms with Crippen molar-refractivity contribution in [3.63, 3.8) is 0 Å². The molecule has 2 aromatic carbocycles. The summed E-state index contributed by atoms with van der Waals surface area (Å²) in [6.45, 7) is 0.430. The van der Waals surface area contributed by atoms with Crippen LogP contribution in [0.25, 0.3) is 0 Å². The normalized spacial score (nSPS) is 10.4. The minimum Gasteiger partial charge on any atom is -0.377 e. The summed E-state index contributed by atoms with van der Waals surface area (Å²) >= 11 is 7.99. The van der Waals surface area contributed by atoms with Crippen LogP contribution in [-0.4, -0.2) is 0 Å². The molecular weight excluding hydrogens is 371 g/mol. The van der Waals surface area contributed by atoms with Gasteiger partial charge >= 0.3 is 0 Å². The molecule has 0 aromatic heterocycles. The topological polar surface area (TPSA) is 12.0 Å². The molecule has 0 fully saturated rings. The fraction of sp³-hybridized carbons (Fsp3) is 0.0769. The van der Waals surface area contributed by atoms with Crippen LogP contribution in [0.3, 0.4) is 0 Å². The molecule has 0 aliphatic heterocycles. The minimum absolute atomic E-state index is 0.0399. The van der Waals surface area contributed by atoms with Crippen LogP contribution in [0.4, 0.5) is 14.5 Å². The Morgan fingerprint density at radius 3 is 2.61 bits per heavy atom. The zero-order chi connectivity index (χ0) is 13.1. The fourth-order valence-corrected chi connectivity index (χ4v) is 2.42. The van der Waals surface area contributed by atoms with E-state index in [-0.39, 0.29) is 10.7 Å². The van der Waals surface area contributed by atoms with E-state index in [1.807, 2.05) is 24.3 Å². The number of hydrogen-bond donors (Lipinski definition) is 1. The second-order valence-corrected chi connectivity index (χ2v) is 5.38. The number of halogens is 4. The number of rotatable bonds is 3. The summed E-state index contributed by atoms with van der Waals surface area (Å²) in [5, 5.41) is 2.91. The van der Waals surface area contributed by atoms with Gasteiger partial charge in [-0.3, -0.25) is 0 Å². The molecule has 0 unspecified atom stereocenters. The van der Waals surface area contributed by atoms with Crippen molar-refractivity contribution < 1.29 is 8.78 Å². The Kier molecular flexibility index (Phi) is 4.40.